The van der Waals surface area contributed by atoms with Crippen LogP contribution in [0.4, 0.5) is 0 Å². The van der Waals surface area contributed by atoms with Gasteiger partial charge in [-0.25, -0.2) is 0 Å². The van der Waals surface area contributed by atoms with Crippen LogP contribution < -0.4 is 0 Å². The lowest BCUT2D eigenvalue weighted by molar-refractivity contribution is -0.149. The molecule has 102 valence electrons. The van der Waals surface area contributed by atoms with Gasteiger partial charge in [0, 0.05) is 19.5 Å². The third-order valence-corrected chi connectivity index (χ3v) is 4.09. The Hall–Kier alpha value is -0.900. The van der Waals surface area contributed by atoms with Gasteiger partial charge in [0.15, 0.2) is 0 Å². The van der Waals surface area contributed by atoms with Gasteiger partial charge in [-0.3, -0.25) is 14.5 Å². The Morgan fingerprint density at radius 2 is 2.06 bits per heavy atom. The molecule has 4 heteroatoms. The van der Waals surface area contributed by atoms with E-state index in [4.69, 9.17) is 4.74 Å². The first kappa shape index (κ1) is 13.5. The van der Waals surface area contributed by atoms with E-state index >= 15 is 0 Å². The summed E-state index contributed by atoms with van der Waals surface area (Å²) >= 11 is 0. The summed E-state index contributed by atoms with van der Waals surface area (Å²) in [5, 5.41) is 0. The lowest BCUT2D eigenvalue weighted by atomic mass is 9.82. The van der Waals surface area contributed by atoms with Gasteiger partial charge in [0.25, 0.3) is 0 Å². The van der Waals surface area contributed by atoms with E-state index in [1.165, 1.54) is 0 Å². The molecule has 1 heterocycles. The summed E-state index contributed by atoms with van der Waals surface area (Å²) in [4.78, 5) is 25.1. The molecule has 0 unspecified atom stereocenters. The number of hydrogen-bond acceptors (Lipinski definition) is 4. The molecule has 0 amide bonds. The minimum Gasteiger partial charge on any atom is -0.466 e. The minimum atomic E-state index is -0.0210. The number of ketones is 1. The van der Waals surface area contributed by atoms with Crippen molar-refractivity contribution in [2.45, 2.75) is 39.0 Å². The normalized spacial score (nSPS) is 29.5. The van der Waals surface area contributed by atoms with Crippen LogP contribution >= 0.6 is 0 Å². The third kappa shape index (κ3) is 3.55. The van der Waals surface area contributed by atoms with Crippen molar-refractivity contribution in [1.82, 2.24) is 4.90 Å². The van der Waals surface area contributed by atoms with E-state index in [0.717, 1.165) is 45.2 Å². The summed E-state index contributed by atoms with van der Waals surface area (Å²) in [6.07, 6.45) is 4.80. The highest BCUT2D eigenvalue weighted by atomic mass is 16.5. The van der Waals surface area contributed by atoms with E-state index in [9.17, 15) is 9.59 Å². The number of rotatable bonds is 4. The molecule has 0 spiro atoms. The number of hydrogen-bond donors (Lipinski definition) is 0. The summed E-state index contributed by atoms with van der Waals surface area (Å²) in [6, 6.07) is 0. The van der Waals surface area contributed by atoms with Gasteiger partial charge < -0.3 is 4.74 Å². The van der Waals surface area contributed by atoms with E-state index in [1.807, 2.05) is 6.92 Å². The van der Waals surface area contributed by atoms with E-state index in [2.05, 4.69) is 4.90 Å². The Labute approximate surface area is 109 Å². The highest BCUT2D eigenvalue weighted by Gasteiger charge is 2.29. The highest BCUT2D eigenvalue weighted by Crippen LogP contribution is 2.30. The summed E-state index contributed by atoms with van der Waals surface area (Å²) in [5.41, 5.74) is 0. The predicted molar refractivity (Wildman–Crippen MR) is 68.1 cm³/mol. The van der Waals surface area contributed by atoms with Crippen LogP contribution in [0.15, 0.2) is 0 Å². The minimum absolute atomic E-state index is 0.0210. The summed E-state index contributed by atoms with van der Waals surface area (Å²) in [6.45, 7) is 4.93. The Kier molecular flexibility index (Phi) is 4.75. The summed E-state index contributed by atoms with van der Waals surface area (Å²) in [7, 11) is 0. The van der Waals surface area contributed by atoms with Gasteiger partial charge in [0.1, 0.15) is 5.78 Å². The van der Waals surface area contributed by atoms with E-state index in [-0.39, 0.29) is 11.9 Å². The maximum absolute atomic E-state index is 11.6. The zero-order valence-corrected chi connectivity index (χ0v) is 11.2. The van der Waals surface area contributed by atoms with Crippen LogP contribution in [0.2, 0.25) is 0 Å². The SMILES string of the molecule is CCOC(=O)C1CCC(CN2CCC(=O)C2)CC1. The monoisotopic (exact) mass is 253 g/mol. The maximum Gasteiger partial charge on any atom is 0.308 e. The zero-order valence-electron chi connectivity index (χ0n) is 11.2. The predicted octanol–water partition coefficient (Wildman–Crippen LogP) is 1.63. The number of carbonyl (C=O) groups is 2. The van der Waals surface area contributed by atoms with E-state index in [0.29, 0.717) is 24.9 Å². The fraction of sp³-hybridized carbons (Fsp3) is 0.857. The first-order valence-electron chi connectivity index (χ1n) is 7.09. The third-order valence-electron chi connectivity index (χ3n) is 4.09. The Balaban J connectivity index is 1.70. The molecule has 0 aromatic heterocycles. The molecule has 0 atom stereocenters. The first-order valence-corrected chi connectivity index (χ1v) is 7.09. The Morgan fingerprint density at radius 1 is 1.33 bits per heavy atom. The van der Waals surface area contributed by atoms with Gasteiger partial charge in [-0.15, -0.1) is 0 Å². The molecule has 2 fully saturated rings. The molecule has 0 bridgehead atoms. The van der Waals surface area contributed by atoms with Crippen LogP contribution in [-0.4, -0.2) is 42.9 Å². The molecule has 1 aliphatic carbocycles. The number of ether oxygens (including phenoxy) is 1. The number of Topliss-reactive ketones (excluding diaryl/α,β-unsaturated/α-hetero) is 1. The number of esters is 1. The maximum atomic E-state index is 11.6. The Morgan fingerprint density at radius 3 is 2.61 bits per heavy atom. The summed E-state index contributed by atoms with van der Waals surface area (Å²) < 4.78 is 5.07. The molecule has 0 radical (unpaired) electrons. The molecular weight excluding hydrogens is 230 g/mol. The van der Waals surface area contributed by atoms with Crippen LogP contribution in [-0.2, 0) is 14.3 Å². The van der Waals surface area contributed by atoms with Crippen LogP contribution in [0.1, 0.15) is 39.0 Å². The quantitative estimate of drug-likeness (QED) is 0.714. The number of nitrogens with zero attached hydrogens (tertiary/aromatic N) is 1. The zero-order chi connectivity index (χ0) is 13.0. The largest absolute Gasteiger partial charge is 0.466 e. The molecule has 2 rings (SSSR count). The van der Waals surface area contributed by atoms with Crippen molar-refractivity contribution >= 4 is 11.8 Å². The number of likely N-dealkylation sites (tertiary alicyclic amines) is 1. The molecule has 18 heavy (non-hydrogen) atoms. The summed E-state index contributed by atoms with van der Waals surface area (Å²) in [5.74, 6) is 1.12. The fourth-order valence-electron chi connectivity index (χ4n) is 3.05. The van der Waals surface area contributed by atoms with Crippen molar-refractivity contribution in [3.8, 4) is 0 Å². The molecule has 1 saturated heterocycles. The van der Waals surface area contributed by atoms with Crippen LogP contribution in [0.3, 0.4) is 0 Å². The van der Waals surface area contributed by atoms with Gasteiger partial charge in [-0.1, -0.05) is 0 Å². The molecule has 1 aliphatic heterocycles. The van der Waals surface area contributed by atoms with Crippen LogP contribution in [0.5, 0.6) is 0 Å². The van der Waals surface area contributed by atoms with Crippen LogP contribution in [0.25, 0.3) is 0 Å². The van der Waals surface area contributed by atoms with Gasteiger partial charge in [-0.2, -0.15) is 0 Å². The van der Waals surface area contributed by atoms with E-state index in [1.54, 1.807) is 0 Å². The standard InChI is InChI=1S/C14H23NO3/c1-2-18-14(17)12-5-3-11(4-6-12)9-15-8-7-13(16)10-15/h11-12H,2-10H2,1H3. The smallest absolute Gasteiger partial charge is 0.308 e. The lowest BCUT2D eigenvalue weighted by Gasteiger charge is -2.29. The van der Waals surface area contributed by atoms with E-state index < -0.39 is 0 Å². The van der Waals surface area contributed by atoms with Crippen molar-refractivity contribution in [3.63, 3.8) is 0 Å². The first-order chi connectivity index (χ1) is 8.69. The second kappa shape index (κ2) is 6.32. The van der Waals surface area contributed by atoms with Gasteiger partial charge >= 0.3 is 5.97 Å². The topological polar surface area (TPSA) is 46.6 Å². The molecule has 2 aliphatic rings. The van der Waals surface area contributed by atoms with Gasteiger partial charge in [0.05, 0.1) is 19.1 Å². The van der Waals surface area contributed by atoms with Crippen LogP contribution in [0, 0.1) is 11.8 Å². The van der Waals surface area contributed by atoms with Gasteiger partial charge in [-0.05, 0) is 38.5 Å². The molecular formula is C14H23NO3. The second-order valence-electron chi connectivity index (χ2n) is 5.49. The molecule has 0 aromatic rings. The van der Waals surface area contributed by atoms with Gasteiger partial charge in [0.2, 0.25) is 0 Å². The molecule has 1 saturated carbocycles. The van der Waals surface area contributed by atoms with Crippen molar-refractivity contribution in [2.75, 3.05) is 26.2 Å². The lowest BCUT2D eigenvalue weighted by Crippen LogP contribution is -2.31. The Bertz CT molecular complexity index is 308. The highest BCUT2D eigenvalue weighted by molar-refractivity contribution is 5.82. The van der Waals surface area contributed by atoms with Crippen molar-refractivity contribution in [3.05, 3.63) is 0 Å². The number of carbonyl (C=O) groups excluding carboxylic acids is 2. The molecule has 0 N–H and O–H groups in total. The van der Waals surface area contributed by atoms with Crippen molar-refractivity contribution in [2.24, 2.45) is 11.8 Å². The molecule has 4 nitrogen and oxygen atoms in total. The fourth-order valence-corrected chi connectivity index (χ4v) is 3.05. The van der Waals surface area contributed by atoms with Crippen molar-refractivity contribution < 1.29 is 14.3 Å². The average Bonchev–Trinajstić information content (AvgIpc) is 2.76. The van der Waals surface area contributed by atoms with Crippen molar-refractivity contribution in [1.29, 1.82) is 0 Å². The molecule has 0 aromatic carbocycles. The average molecular weight is 253 g/mol. The second-order valence-corrected chi connectivity index (χ2v) is 5.49.